The van der Waals surface area contributed by atoms with E-state index >= 15 is 0 Å². The average Bonchev–Trinajstić information content (AvgIpc) is 2.33. The second-order valence-corrected chi connectivity index (χ2v) is 8.50. The lowest BCUT2D eigenvalue weighted by Crippen LogP contribution is -2.64. The summed E-state index contributed by atoms with van der Waals surface area (Å²) >= 11 is 0. The first-order chi connectivity index (χ1) is 8.35. The first-order valence-corrected chi connectivity index (χ1v) is 8.88. The highest BCUT2D eigenvalue weighted by Crippen LogP contribution is 2.26. The molecule has 0 bridgehead atoms. The Hall–Kier alpha value is -0.130. The second kappa shape index (κ2) is 5.10. The van der Waals surface area contributed by atoms with E-state index in [1.54, 1.807) is 0 Å². The van der Waals surface area contributed by atoms with E-state index in [0.717, 1.165) is 32.4 Å². The molecule has 0 amide bonds. The van der Waals surface area contributed by atoms with Crippen molar-refractivity contribution in [3.63, 3.8) is 0 Å². The van der Waals surface area contributed by atoms with E-state index < -0.39 is 9.84 Å². The minimum atomic E-state index is -2.75. The quantitative estimate of drug-likeness (QED) is 0.817. The maximum absolute atomic E-state index is 11.5. The van der Waals surface area contributed by atoms with Crippen molar-refractivity contribution in [2.75, 3.05) is 24.6 Å². The van der Waals surface area contributed by atoms with Crippen molar-refractivity contribution >= 4 is 9.84 Å². The fraction of sp³-hybridized carbons (Fsp3) is 1.00. The molecule has 0 aromatic carbocycles. The maximum atomic E-state index is 11.5. The van der Waals surface area contributed by atoms with Crippen LogP contribution in [0.3, 0.4) is 0 Å². The molecule has 0 aliphatic carbocycles. The number of nitrogens with one attached hydrogen (secondary N) is 1. The van der Waals surface area contributed by atoms with Crippen LogP contribution in [0.1, 0.15) is 40.0 Å². The molecule has 0 aromatic heterocycles. The van der Waals surface area contributed by atoms with Crippen molar-refractivity contribution in [1.82, 2.24) is 10.2 Å². The van der Waals surface area contributed by atoms with Gasteiger partial charge in [0.25, 0.3) is 0 Å². The molecule has 0 radical (unpaired) electrons. The smallest absolute Gasteiger partial charge is 0.150 e. The minimum Gasteiger partial charge on any atom is -0.309 e. The minimum absolute atomic E-state index is 0.183. The summed E-state index contributed by atoms with van der Waals surface area (Å²) in [6.45, 7) is 8.77. The molecule has 2 saturated heterocycles. The Bertz CT molecular complexity index is 382. The zero-order valence-corrected chi connectivity index (χ0v) is 12.6. The highest BCUT2D eigenvalue weighted by molar-refractivity contribution is 7.91. The van der Waals surface area contributed by atoms with E-state index in [-0.39, 0.29) is 5.54 Å². The van der Waals surface area contributed by atoms with Crippen LogP contribution < -0.4 is 5.32 Å². The monoisotopic (exact) mass is 274 g/mol. The van der Waals surface area contributed by atoms with Gasteiger partial charge in [-0.25, -0.2) is 8.42 Å². The first kappa shape index (κ1) is 14.3. The Kier molecular flexibility index (Phi) is 4.04. The maximum Gasteiger partial charge on any atom is 0.150 e. The van der Waals surface area contributed by atoms with Crippen molar-refractivity contribution in [2.24, 2.45) is 0 Å². The molecule has 1 N–H and O–H groups in total. The summed E-state index contributed by atoms with van der Waals surface area (Å²) in [4.78, 5) is 2.54. The predicted molar refractivity (Wildman–Crippen MR) is 74.5 cm³/mol. The van der Waals surface area contributed by atoms with Crippen LogP contribution in [0.4, 0.5) is 0 Å². The van der Waals surface area contributed by atoms with E-state index in [4.69, 9.17) is 0 Å². The standard InChI is InChI=1S/C13H26N2O2S/c1-4-13(3)10-15(11(2)9-14-13)12-5-7-18(16,17)8-6-12/h11-12,14H,4-10H2,1-3H3. The van der Waals surface area contributed by atoms with Gasteiger partial charge in [-0.3, -0.25) is 4.90 Å². The highest BCUT2D eigenvalue weighted by atomic mass is 32.2. The predicted octanol–water partition coefficient (Wildman–Crippen LogP) is 1.03. The summed E-state index contributed by atoms with van der Waals surface area (Å²) in [5.74, 6) is 0.744. The Balaban J connectivity index is 2.03. The van der Waals surface area contributed by atoms with Crippen LogP contribution in [0.5, 0.6) is 0 Å². The molecule has 0 spiro atoms. The molecule has 2 aliphatic rings. The van der Waals surface area contributed by atoms with Crippen LogP contribution in [-0.4, -0.2) is 55.5 Å². The first-order valence-electron chi connectivity index (χ1n) is 7.06. The SMILES string of the molecule is CCC1(C)CN(C2CCS(=O)(=O)CC2)C(C)CN1. The van der Waals surface area contributed by atoms with Crippen molar-refractivity contribution in [3.05, 3.63) is 0 Å². The molecule has 2 fully saturated rings. The molecular formula is C13H26N2O2S. The van der Waals surface area contributed by atoms with Gasteiger partial charge in [0.1, 0.15) is 9.84 Å². The number of hydrogen-bond donors (Lipinski definition) is 1. The summed E-state index contributed by atoms with van der Waals surface area (Å²) in [5.41, 5.74) is 0.183. The summed E-state index contributed by atoms with van der Waals surface area (Å²) in [5, 5.41) is 3.62. The molecule has 2 aliphatic heterocycles. The molecule has 2 atom stereocenters. The largest absolute Gasteiger partial charge is 0.309 e. The molecule has 4 nitrogen and oxygen atoms in total. The van der Waals surface area contributed by atoms with Gasteiger partial charge in [-0.2, -0.15) is 0 Å². The second-order valence-electron chi connectivity index (χ2n) is 6.20. The lowest BCUT2D eigenvalue weighted by molar-refractivity contribution is 0.0494. The number of rotatable bonds is 2. The van der Waals surface area contributed by atoms with Crippen molar-refractivity contribution in [1.29, 1.82) is 0 Å². The van der Waals surface area contributed by atoms with Gasteiger partial charge in [-0.05, 0) is 33.1 Å². The Morgan fingerprint density at radius 1 is 1.33 bits per heavy atom. The summed E-state index contributed by atoms with van der Waals surface area (Å²) < 4.78 is 23.0. The van der Waals surface area contributed by atoms with Crippen LogP contribution >= 0.6 is 0 Å². The average molecular weight is 274 g/mol. The van der Waals surface area contributed by atoms with Gasteiger partial charge in [0.05, 0.1) is 11.5 Å². The normalized spacial score (nSPS) is 38.7. The molecular weight excluding hydrogens is 248 g/mol. The van der Waals surface area contributed by atoms with Crippen molar-refractivity contribution < 1.29 is 8.42 Å². The Morgan fingerprint density at radius 3 is 2.50 bits per heavy atom. The van der Waals surface area contributed by atoms with E-state index in [1.165, 1.54) is 0 Å². The van der Waals surface area contributed by atoms with Gasteiger partial charge in [-0.15, -0.1) is 0 Å². The number of nitrogens with zero attached hydrogens (tertiary/aromatic N) is 1. The molecule has 2 unspecified atom stereocenters. The summed E-state index contributed by atoms with van der Waals surface area (Å²) in [7, 11) is -2.75. The van der Waals surface area contributed by atoms with Crippen LogP contribution in [0.15, 0.2) is 0 Å². The molecule has 0 aromatic rings. The van der Waals surface area contributed by atoms with Crippen molar-refractivity contribution in [2.45, 2.75) is 57.7 Å². The summed E-state index contributed by atoms with van der Waals surface area (Å²) in [6, 6.07) is 0.965. The topological polar surface area (TPSA) is 49.4 Å². The van der Waals surface area contributed by atoms with Crippen molar-refractivity contribution in [3.8, 4) is 0 Å². The lowest BCUT2D eigenvalue weighted by Gasteiger charge is -2.49. The fourth-order valence-corrected chi connectivity index (χ4v) is 4.53. The number of sulfone groups is 1. The molecule has 5 heteroatoms. The Labute approximate surface area is 111 Å². The molecule has 2 rings (SSSR count). The van der Waals surface area contributed by atoms with Crippen LogP contribution in [0.25, 0.3) is 0 Å². The third kappa shape index (κ3) is 3.06. The van der Waals surface area contributed by atoms with Gasteiger partial charge in [0.2, 0.25) is 0 Å². The van der Waals surface area contributed by atoms with E-state index in [9.17, 15) is 8.42 Å². The summed E-state index contributed by atoms with van der Waals surface area (Å²) in [6.07, 6.45) is 2.74. The number of hydrogen-bond acceptors (Lipinski definition) is 4. The lowest BCUT2D eigenvalue weighted by atomic mass is 9.91. The highest BCUT2D eigenvalue weighted by Gasteiger charge is 2.38. The van der Waals surface area contributed by atoms with Gasteiger partial charge >= 0.3 is 0 Å². The third-order valence-corrected chi connectivity index (χ3v) is 6.41. The zero-order chi connectivity index (χ0) is 13.4. The molecule has 106 valence electrons. The molecule has 0 saturated carbocycles. The fourth-order valence-electron chi connectivity index (χ4n) is 3.06. The molecule has 2 heterocycles. The van der Waals surface area contributed by atoms with Gasteiger partial charge in [-0.1, -0.05) is 6.92 Å². The van der Waals surface area contributed by atoms with Gasteiger partial charge in [0.15, 0.2) is 0 Å². The Morgan fingerprint density at radius 2 is 1.94 bits per heavy atom. The molecule has 18 heavy (non-hydrogen) atoms. The van der Waals surface area contributed by atoms with Crippen LogP contribution in [-0.2, 0) is 9.84 Å². The van der Waals surface area contributed by atoms with E-state index in [0.29, 0.717) is 23.6 Å². The van der Waals surface area contributed by atoms with E-state index in [2.05, 4.69) is 31.0 Å². The van der Waals surface area contributed by atoms with Crippen LogP contribution in [0, 0.1) is 0 Å². The van der Waals surface area contributed by atoms with Gasteiger partial charge in [0, 0.05) is 30.7 Å². The van der Waals surface area contributed by atoms with E-state index in [1.807, 2.05) is 0 Å². The number of piperazine rings is 1. The third-order valence-electron chi connectivity index (χ3n) is 4.70. The van der Waals surface area contributed by atoms with Gasteiger partial charge < -0.3 is 5.32 Å². The zero-order valence-electron chi connectivity index (χ0n) is 11.8. The van der Waals surface area contributed by atoms with Crippen LogP contribution in [0.2, 0.25) is 0 Å².